The summed E-state index contributed by atoms with van der Waals surface area (Å²) in [6.07, 6.45) is 3.41. The third-order valence-corrected chi connectivity index (χ3v) is 5.06. The number of ether oxygens (including phenoxy) is 1. The Morgan fingerprint density at radius 2 is 1.96 bits per heavy atom. The fraction of sp³-hybridized carbons (Fsp3) is 0.556. The zero-order chi connectivity index (χ0) is 16.9. The van der Waals surface area contributed by atoms with E-state index in [0.717, 1.165) is 19.3 Å². The molecule has 1 aromatic rings. The Hall–Kier alpha value is -1.88. The van der Waals surface area contributed by atoms with Crippen LogP contribution < -0.4 is 5.32 Å². The summed E-state index contributed by atoms with van der Waals surface area (Å²) in [7, 11) is 1.63. The van der Waals surface area contributed by atoms with Gasteiger partial charge in [0.1, 0.15) is 5.41 Å². The smallest absolute Gasteiger partial charge is 0.315 e. The molecule has 23 heavy (non-hydrogen) atoms. The molecule has 2 N–H and O–H groups in total. The average Bonchev–Trinajstić information content (AvgIpc) is 2.52. The molecule has 0 heterocycles. The van der Waals surface area contributed by atoms with Crippen LogP contribution in [0, 0.1) is 5.41 Å². The van der Waals surface area contributed by atoms with Gasteiger partial charge in [0, 0.05) is 20.3 Å². The molecule has 1 aliphatic carbocycles. The Labute approximate surface area is 137 Å². The summed E-state index contributed by atoms with van der Waals surface area (Å²) in [5.41, 5.74) is -0.831. The van der Waals surface area contributed by atoms with E-state index < -0.39 is 11.4 Å². The van der Waals surface area contributed by atoms with Crippen LogP contribution in [0.4, 0.5) is 0 Å². The molecule has 1 atom stereocenters. The van der Waals surface area contributed by atoms with Gasteiger partial charge in [-0.25, -0.2) is 0 Å². The van der Waals surface area contributed by atoms with Gasteiger partial charge in [0.05, 0.1) is 5.41 Å². The molecule has 1 saturated carbocycles. The molecule has 1 unspecified atom stereocenters. The first-order valence-electron chi connectivity index (χ1n) is 8.01. The molecule has 0 radical (unpaired) electrons. The van der Waals surface area contributed by atoms with Crippen LogP contribution in [0.15, 0.2) is 30.3 Å². The summed E-state index contributed by atoms with van der Waals surface area (Å²) in [6.45, 7) is 2.27. The molecule has 5 heteroatoms. The lowest BCUT2D eigenvalue weighted by atomic mass is 9.66. The van der Waals surface area contributed by atoms with Crippen LogP contribution in [0.5, 0.6) is 0 Å². The van der Waals surface area contributed by atoms with Gasteiger partial charge < -0.3 is 15.2 Å². The van der Waals surface area contributed by atoms with Crippen molar-refractivity contribution in [2.24, 2.45) is 5.41 Å². The molecule has 0 saturated heterocycles. The number of hydrogen-bond donors (Lipinski definition) is 2. The Kier molecular flexibility index (Phi) is 5.42. The monoisotopic (exact) mass is 319 g/mol. The number of hydrogen-bond acceptors (Lipinski definition) is 3. The minimum atomic E-state index is -1.14. The number of carboxylic acid groups (broad SMARTS) is 1. The van der Waals surface area contributed by atoms with Crippen molar-refractivity contribution in [1.82, 2.24) is 5.32 Å². The van der Waals surface area contributed by atoms with Crippen molar-refractivity contribution in [3.05, 3.63) is 35.9 Å². The van der Waals surface area contributed by atoms with Gasteiger partial charge in [0.15, 0.2) is 0 Å². The van der Waals surface area contributed by atoms with E-state index in [0.29, 0.717) is 18.6 Å². The maximum absolute atomic E-state index is 12.6. The lowest BCUT2D eigenvalue weighted by molar-refractivity contribution is -0.144. The van der Waals surface area contributed by atoms with Gasteiger partial charge in [0.2, 0.25) is 5.91 Å². The van der Waals surface area contributed by atoms with Gasteiger partial charge in [-0.2, -0.15) is 0 Å². The fourth-order valence-electron chi connectivity index (χ4n) is 3.04. The van der Waals surface area contributed by atoms with Crippen LogP contribution in [0.25, 0.3) is 0 Å². The Bertz CT molecular complexity index is 553. The normalized spacial score (nSPS) is 18.5. The molecule has 0 aromatic heterocycles. The highest BCUT2D eigenvalue weighted by atomic mass is 16.5. The highest BCUT2D eigenvalue weighted by Crippen LogP contribution is 2.44. The van der Waals surface area contributed by atoms with E-state index in [1.54, 1.807) is 26.2 Å². The number of methoxy groups -OCH3 is 1. The van der Waals surface area contributed by atoms with Crippen molar-refractivity contribution >= 4 is 11.9 Å². The largest absolute Gasteiger partial charge is 0.481 e. The average molecular weight is 319 g/mol. The number of rotatable bonds is 8. The number of aliphatic carboxylic acids is 1. The van der Waals surface area contributed by atoms with E-state index in [4.69, 9.17) is 4.74 Å². The number of nitrogens with one attached hydrogen (secondary N) is 1. The summed E-state index contributed by atoms with van der Waals surface area (Å²) in [4.78, 5) is 24.4. The first kappa shape index (κ1) is 17.5. The standard InChI is InChI=1S/C18H25NO4/c1-17(16(21)22,14-7-4-3-5-8-14)13-19-15(20)18(9-6-10-18)11-12-23-2/h3-5,7-8H,6,9-13H2,1-2H3,(H,19,20)(H,21,22). The highest BCUT2D eigenvalue weighted by Gasteiger charge is 2.45. The van der Waals surface area contributed by atoms with Gasteiger partial charge in [-0.3, -0.25) is 9.59 Å². The number of carbonyl (C=O) groups excluding carboxylic acids is 1. The fourth-order valence-corrected chi connectivity index (χ4v) is 3.04. The molecule has 5 nitrogen and oxygen atoms in total. The van der Waals surface area contributed by atoms with E-state index in [1.807, 2.05) is 18.2 Å². The minimum Gasteiger partial charge on any atom is -0.481 e. The first-order chi connectivity index (χ1) is 10.9. The van der Waals surface area contributed by atoms with Gasteiger partial charge in [-0.1, -0.05) is 36.8 Å². The third-order valence-electron chi connectivity index (χ3n) is 5.06. The Balaban J connectivity index is 2.07. The maximum atomic E-state index is 12.6. The number of carboxylic acids is 1. The van der Waals surface area contributed by atoms with Gasteiger partial charge in [0.25, 0.3) is 0 Å². The van der Waals surface area contributed by atoms with Crippen molar-refractivity contribution in [3.63, 3.8) is 0 Å². The lowest BCUT2D eigenvalue weighted by Crippen LogP contribution is -2.51. The summed E-state index contributed by atoms with van der Waals surface area (Å²) in [6, 6.07) is 9.03. The molecular formula is C18H25NO4. The van der Waals surface area contributed by atoms with E-state index >= 15 is 0 Å². The lowest BCUT2D eigenvalue weighted by Gasteiger charge is -2.41. The highest BCUT2D eigenvalue weighted by molar-refractivity contribution is 5.86. The predicted molar refractivity (Wildman–Crippen MR) is 87.2 cm³/mol. The molecular weight excluding hydrogens is 294 g/mol. The van der Waals surface area contributed by atoms with Crippen LogP contribution in [-0.4, -0.2) is 37.2 Å². The zero-order valence-corrected chi connectivity index (χ0v) is 13.8. The SMILES string of the molecule is COCCC1(C(=O)NCC(C)(C(=O)O)c2ccccc2)CCC1. The molecule has 0 spiro atoms. The molecule has 1 aliphatic rings. The van der Waals surface area contributed by atoms with E-state index in [2.05, 4.69) is 5.32 Å². The van der Waals surface area contributed by atoms with Crippen molar-refractivity contribution in [1.29, 1.82) is 0 Å². The summed E-state index contributed by atoms with van der Waals surface area (Å²) < 4.78 is 5.10. The molecule has 1 fully saturated rings. The number of amides is 1. The van der Waals surface area contributed by atoms with Crippen LogP contribution in [-0.2, 0) is 19.7 Å². The number of carbonyl (C=O) groups is 2. The van der Waals surface area contributed by atoms with Gasteiger partial charge in [-0.15, -0.1) is 0 Å². The Morgan fingerprint density at radius 1 is 1.30 bits per heavy atom. The van der Waals surface area contributed by atoms with Crippen molar-refractivity contribution in [3.8, 4) is 0 Å². The van der Waals surface area contributed by atoms with Gasteiger partial charge >= 0.3 is 5.97 Å². The van der Waals surface area contributed by atoms with Crippen molar-refractivity contribution < 1.29 is 19.4 Å². The second-order valence-corrected chi connectivity index (χ2v) is 6.56. The second kappa shape index (κ2) is 7.13. The zero-order valence-electron chi connectivity index (χ0n) is 13.8. The predicted octanol–water partition coefficient (Wildman–Crippen LogP) is 2.35. The van der Waals surface area contributed by atoms with Crippen LogP contribution in [0.1, 0.15) is 38.2 Å². The van der Waals surface area contributed by atoms with E-state index in [1.165, 1.54) is 0 Å². The topological polar surface area (TPSA) is 75.6 Å². The van der Waals surface area contributed by atoms with Gasteiger partial charge in [-0.05, 0) is 31.7 Å². The molecule has 2 rings (SSSR count). The van der Waals surface area contributed by atoms with Crippen molar-refractivity contribution in [2.45, 2.75) is 38.0 Å². The third kappa shape index (κ3) is 3.55. The quantitative estimate of drug-likeness (QED) is 0.771. The summed E-state index contributed by atoms with van der Waals surface area (Å²) >= 11 is 0. The first-order valence-corrected chi connectivity index (χ1v) is 8.01. The maximum Gasteiger partial charge on any atom is 0.315 e. The van der Waals surface area contributed by atoms with E-state index in [-0.39, 0.29) is 17.9 Å². The molecule has 126 valence electrons. The summed E-state index contributed by atoms with van der Waals surface area (Å²) in [5, 5.41) is 12.5. The second-order valence-electron chi connectivity index (χ2n) is 6.56. The Morgan fingerprint density at radius 3 is 2.43 bits per heavy atom. The number of benzene rings is 1. The minimum absolute atomic E-state index is 0.0517. The van der Waals surface area contributed by atoms with Crippen LogP contribution in [0.3, 0.4) is 0 Å². The van der Waals surface area contributed by atoms with Crippen LogP contribution in [0.2, 0.25) is 0 Å². The summed E-state index contributed by atoms with van der Waals surface area (Å²) in [5.74, 6) is -0.993. The molecule has 1 aromatic carbocycles. The van der Waals surface area contributed by atoms with Crippen molar-refractivity contribution in [2.75, 3.05) is 20.3 Å². The van der Waals surface area contributed by atoms with E-state index in [9.17, 15) is 14.7 Å². The molecule has 0 aliphatic heterocycles. The molecule has 0 bridgehead atoms. The molecule has 1 amide bonds. The van der Waals surface area contributed by atoms with Crippen LogP contribution >= 0.6 is 0 Å².